The number of ether oxygens (including phenoxy) is 1. The van der Waals surface area contributed by atoms with Crippen molar-refractivity contribution in [2.45, 2.75) is 6.92 Å². The second-order valence-electron chi connectivity index (χ2n) is 6.73. The lowest BCUT2D eigenvalue weighted by atomic mass is 10.2. The van der Waals surface area contributed by atoms with Crippen molar-refractivity contribution in [1.82, 2.24) is 0 Å². The minimum Gasteiger partial charge on any atom is -0.462 e. The van der Waals surface area contributed by atoms with Gasteiger partial charge in [-0.2, -0.15) is 0 Å². The SMILES string of the molecule is CCOC(=O)c1ccc(N(C)C)cc1.O=c1c2ccccc2sc2ccc(Cl)cc12. The molecular weight excluding hydrogens is 418 g/mol. The van der Waals surface area contributed by atoms with Gasteiger partial charge >= 0.3 is 5.97 Å². The Morgan fingerprint density at radius 1 is 0.967 bits per heavy atom. The van der Waals surface area contributed by atoms with Crippen LogP contribution in [-0.2, 0) is 4.74 Å². The van der Waals surface area contributed by atoms with E-state index in [1.54, 1.807) is 36.5 Å². The average molecular weight is 440 g/mol. The van der Waals surface area contributed by atoms with Crippen molar-refractivity contribution in [3.05, 3.63) is 87.5 Å². The van der Waals surface area contributed by atoms with Crippen LogP contribution >= 0.6 is 22.9 Å². The maximum atomic E-state index is 12.2. The van der Waals surface area contributed by atoms with E-state index in [2.05, 4.69) is 0 Å². The van der Waals surface area contributed by atoms with Crippen molar-refractivity contribution in [2.24, 2.45) is 0 Å². The summed E-state index contributed by atoms with van der Waals surface area (Å²) in [5, 5.41) is 2.07. The van der Waals surface area contributed by atoms with Crippen LogP contribution in [0.15, 0.2) is 71.5 Å². The molecule has 0 aliphatic heterocycles. The van der Waals surface area contributed by atoms with Crippen molar-refractivity contribution < 1.29 is 9.53 Å². The normalized spacial score (nSPS) is 10.4. The minimum absolute atomic E-state index is 0.0619. The van der Waals surface area contributed by atoms with Gasteiger partial charge in [-0.1, -0.05) is 23.7 Å². The molecule has 0 fully saturated rings. The molecule has 0 aliphatic rings. The lowest BCUT2D eigenvalue weighted by Gasteiger charge is -2.12. The van der Waals surface area contributed by atoms with E-state index in [4.69, 9.17) is 16.3 Å². The molecule has 0 radical (unpaired) electrons. The molecule has 3 aromatic carbocycles. The molecule has 0 bridgehead atoms. The summed E-state index contributed by atoms with van der Waals surface area (Å²) in [7, 11) is 3.92. The van der Waals surface area contributed by atoms with Gasteiger partial charge in [-0.05, 0) is 61.5 Å². The highest BCUT2D eigenvalue weighted by Gasteiger charge is 2.06. The predicted molar refractivity (Wildman–Crippen MR) is 127 cm³/mol. The molecular formula is C24H22ClNO3S. The lowest BCUT2D eigenvalue weighted by Crippen LogP contribution is -2.09. The zero-order valence-electron chi connectivity index (χ0n) is 17.0. The monoisotopic (exact) mass is 439 g/mol. The maximum absolute atomic E-state index is 12.2. The van der Waals surface area contributed by atoms with E-state index in [0.29, 0.717) is 22.6 Å². The van der Waals surface area contributed by atoms with Gasteiger partial charge in [-0.15, -0.1) is 11.3 Å². The minimum atomic E-state index is -0.266. The smallest absolute Gasteiger partial charge is 0.338 e. The first-order valence-corrected chi connectivity index (χ1v) is 10.7. The van der Waals surface area contributed by atoms with Gasteiger partial charge < -0.3 is 9.64 Å². The van der Waals surface area contributed by atoms with Crippen LogP contribution in [0.2, 0.25) is 5.02 Å². The van der Waals surface area contributed by atoms with Gasteiger partial charge in [-0.3, -0.25) is 4.79 Å². The number of hydrogen-bond acceptors (Lipinski definition) is 5. The molecule has 0 atom stereocenters. The average Bonchev–Trinajstić information content (AvgIpc) is 2.75. The van der Waals surface area contributed by atoms with E-state index >= 15 is 0 Å². The topological polar surface area (TPSA) is 46.6 Å². The Morgan fingerprint density at radius 3 is 2.30 bits per heavy atom. The van der Waals surface area contributed by atoms with Gasteiger partial charge in [0.25, 0.3) is 0 Å². The third-order valence-corrected chi connectivity index (χ3v) is 5.82. The second kappa shape index (κ2) is 9.74. The first-order chi connectivity index (χ1) is 14.4. The molecule has 4 nitrogen and oxygen atoms in total. The third kappa shape index (κ3) is 4.99. The Labute approximate surface area is 184 Å². The predicted octanol–water partition coefficient (Wildman–Crippen LogP) is 6.00. The van der Waals surface area contributed by atoms with Crippen LogP contribution in [0.1, 0.15) is 17.3 Å². The Kier molecular flexibility index (Phi) is 7.08. The summed E-state index contributed by atoms with van der Waals surface area (Å²) < 4.78 is 6.87. The molecule has 4 rings (SSSR count). The van der Waals surface area contributed by atoms with Crippen LogP contribution in [0.5, 0.6) is 0 Å². The zero-order chi connectivity index (χ0) is 21.7. The van der Waals surface area contributed by atoms with E-state index < -0.39 is 0 Å². The summed E-state index contributed by atoms with van der Waals surface area (Å²) in [6, 6.07) is 20.4. The van der Waals surface area contributed by atoms with Gasteiger partial charge in [0.1, 0.15) is 0 Å². The first-order valence-electron chi connectivity index (χ1n) is 9.46. The molecule has 4 aromatic rings. The van der Waals surface area contributed by atoms with Gasteiger partial charge in [-0.25, -0.2) is 4.79 Å². The molecule has 0 saturated heterocycles. The van der Waals surface area contributed by atoms with Gasteiger partial charge in [0.2, 0.25) is 0 Å². The highest BCUT2D eigenvalue weighted by Crippen LogP contribution is 2.26. The van der Waals surface area contributed by atoms with Crippen molar-refractivity contribution in [1.29, 1.82) is 0 Å². The number of fused-ring (bicyclic) bond motifs is 2. The molecule has 0 N–H and O–H groups in total. The van der Waals surface area contributed by atoms with E-state index in [1.807, 2.05) is 67.5 Å². The summed E-state index contributed by atoms with van der Waals surface area (Å²) in [4.78, 5) is 25.5. The number of hydrogen-bond donors (Lipinski definition) is 0. The fraction of sp³-hybridized carbons (Fsp3) is 0.167. The fourth-order valence-electron chi connectivity index (χ4n) is 2.89. The van der Waals surface area contributed by atoms with E-state index in [9.17, 15) is 9.59 Å². The molecule has 154 valence electrons. The Balaban J connectivity index is 0.000000173. The molecule has 0 unspecified atom stereocenters. The van der Waals surface area contributed by atoms with Crippen LogP contribution < -0.4 is 10.3 Å². The largest absolute Gasteiger partial charge is 0.462 e. The number of anilines is 1. The second-order valence-corrected chi connectivity index (χ2v) is 8.25. The van der Waals surface area contributed by atoms with Crippen LogP contribution in [0.25, 0.3) is 20.2 Å². The molecule has 0 amide bonds. The van der Waals surface area contributed by atoms with Crippen LogP contribution in [0.3, 0.4) is 0 Å². The third-order valence-electron chi connectivity index (χ3n) is 4.43. The molecule has 6 heteroatoms. The Morgan fingerprint density at radius 2 is 1.63 bits per heavy atom. The fourth-order valence-corrected chi connectivity index (χ4v) is 4.11. The van der Waals surface area contributed by atoms with Gasteiger partial charge in [0.15, 0.2) is 5.43 Å². The molecule has 0 saturated carbocycles. The number of nitrogens with zero attached hydrogens (tertiary/aromatic N) is 1. The van der Waals surface area contributed by atoms with Crippen LogP contribution in [-0.4, -0.2) is 26.7 Å². The highest BCUT2D eigenvalue weighted by atomic mass is 35.5. The maximum Gasteiger partial charge on any atom is 0.338 e. The van der Waals surface area contributed by atoms with E-state index in [1.165, 1.54) is 0 Å². The Bertz CT molecular complexity index is 1230. The highest BCUT2D eigenvalue weighted by molar-refractivity contribution is 7.24. The summed E-state index contributed by atoms with van der Waals surface area (Å²) >= 11 is 7.52. The zero-order valence-corrected chi connectivity index (χ0v) is 18.6. The molecule has 0 spiro atoms. The van der Waals surface area contributed by atoms with Crippen LogP contribution in [0, 0.1) is 0 Å². The quantitative estimate of drug-likeness (QED) is 0.290. The van der Waals surface area contributed by atoms with Crippen LogP contribution in [0.4, 0.5) is 5.69 Å². The number of halogens is 1. The molecule has 1 heterocycles. The van der Waals surface area contributed by atoms with E-state index in [0.717, 1.165) is 20.5 Å². The Hall–Kier alpha value is -2.89. The van der Waals surface area contributed by atoms with Crippen molar-refractivity contribution in [2.75, 3.05) is 25.6 Å². The number of benzene rings is 3. The molecule has 30 heavy (non-hydrogen) atoms. The van der Waals surface area contributed by atoms with Crippen molar-refractivity contribution in [3.8, 4) is 0 Å². The summed E-state index contributed by atoms with van der Waals surface area (Å²) in [5.74, 6) is -0.266. The van der Waals surface area contributed by atoms with Crippen molar-refractivity contribution in [3.63, 3.8) is 0 Å². The van der Waals surface area contributed by atoms with Gasteiger partial charge in [0, 0.05) is 45.0 Å². The number of esters is 1. The van der Waals surface area contributed by atoms with E-state index in [-0.39, 0.29) is 11.4 Å². The standard InChI is InChI=1S/C13H7ClOS.C11H15NO2/c14-8-5-6-12-10(7-8)13(15)9-3-1-2-4-11(9)16-12;1-4-14-11(13)9-5-7-10(8-6-9)12(2)3/h1-7H;5-8H,4H2,1-3H3. The van der Waals surface area contributed by atoms with Gasteiger partial charge in [0.05, 0.1) is 12.2 Å². The number of rotatable bonds is 3. The summed E-state index contributed by atoms with van der Waals surface area (Å²) in [5.41, 5.74) is 1.72. The van der Waals surface area contributed by atoms with Crippen molar-refractivity contribution >= 4 is 54.8 Å². The lowest BCUT2D eigenvalue weighted by molar-refractivity contribution is 0.0526. The molecule has 0 aliphatic carbocycles. The first kappa shape index (κ1) is 21.8. The number of carbonyl (C=O) groups excluding carboxylic acids is 1. The molecule has 1 aromatic heterocycles. The summed E-state index contributed by atoms with van der Waals surface area (Å²) in [6.45, 7) is 2.21. The number of carbonyl (C=O) groups is 1. The summed E-state index contributed by atoms with van der Waals surface area (Å²) in [6.07, 6.45) is 0.